The van der Waals surface area contributed by atoms with E-state index in [-0.39, 0.29) is 0 Å². The Morgan fingerprint density at radius 3 is 1.64 bits per heavy atom. The molecule has 0 aliphatic heterocycles. The zero-order valence-corrected chi connectivity index (χ0v) is 21.4. The van der Waals surface area contributed by atoms with E-state index in [2.05, 4.69) is 51.5 Å². The minimum Gasteiger partial charge on any atom is -0.241 e. The van der Waals surface area contributed by atoms with Crippen molar-refractivity contribution in [3.05, 3.63) is 23.8 Å². The fraction of sp³-hybridized carbons (Fsp3) is 0.846. The summed E-state index contributed by atoms with van der Waals surface area (Å²) >= 11 is 0. The summed E-state index contributed by atoms with van der Waals surface area (Å²) in [6.07, 6.45) is 14.4. The van der Waals surface area contributed by atoms with Crippen LogP contribution in [-0.4, -0.2) is 9.97 Å². The van der Waals surface area contributed by atoms with Crippen molar-refractivity contribution in [1.82, 2.24) is 9.97 Å². The molecule has 1 aromatic rings. The zero-order chi connectivity index (χ0) is 22.4. The summed E-state index contributed by atoms with van der Waals surface area (Å²) in [5.41, 5.74) is 1.23. The average Bonchev–Trinajstić information content (AvgIpc) is 2.73. The van der Waals surface area contributed by atoms with Gasteiger partial charge in [0, 0.05) is 12.4 Å². The first-order valence-electron chi connectivity index (χ1n) is 12.2. The van der Waals surface area contributed by atoms with Crippen LogP contribution < -0.4 is 0 Å². The van der Waals surface area contributed by atoms with E-state index in [1.54, 1.807) is 0 Å². The second kappa shape index (κ2) is 24.1. The SMILES string of the molecule is CC.CC.CCCCCC(C)C(C)C(C)CCC.CCCc1cnc(C)nc1. The van der Waals surface area contributed by atoms with E-state index in [9.17, 15) is 0 Å². The molecule has 0 amide bonds. The van der Waals surface area contributed by atoms with Crippen molar-refractivity contribution >= 4 is 0 Å². The van der Waals surface area contributed by atoms with Gasteiger partial charge in [-0.25, -0.2) is 9.97 Å². The monoisotopic (exact) mass is 394 g/mol. The van der Waals surface area contributed by atoms with Gasteiger partial charge in [0.25, 0.3) is 0 Å². The van der Waals surface area contributed by atoms with E-state index in [0.29, 0.717) is 0 Å². The number of hydrogen-bond donors (Lipinski definition) is 0. The molecule has 0 radical (unpaired) electrons. The molecule has 2 heteroatoms. The summed E-state index contributed by atoms with van der Waals surface area (Å²) in [5, 5.41) is 0. The number of rotatable bonds is 10. The molecule has 0 aliphatic rings. The van der Waals surface area contributed by atoms with Gasteiger partial charge in [0.05, 0.1) is 0 Å². The summed E-state index contributed by atoms with van der Waals surface area (Å²) < 4.78 is 0. The van der Waals surface area contributed by atoms with Crippen LogP contribution in [0, 0.1) is 24.7 Å². The third-order valence-electron chi connectivity index (χ3n) is 5.18. The molecule has 1 rings (SSSR count). The second-order valence-corrected chi connectivity index (χ2v) is 7.49. The summed E-state index contributed by atoms with van der Waals surface area (Å²) in [4.78, 5) is 8.17. The fourth-order valence-electron chi connectivity index (χ4n) is 3.10. The molecule has 0 saturated heterocycles. The first-order valence-corrected chi connectivity index (χ1v) is 12.2. The molecule has 0 fully saturated rings. The summed E-state index contributed by atoms with van der Waals surface area (Å²) in [6.45, 7) is 23.9. The van der Waals surface area contributed by atoms with Crippen molar-refractivity contribution in [2.75, 3.05) is 0 Å². The Hall–Kier alpha value is -0.920. The molecule has 0 spiro atoms. The van der Waals surface area contributed by atoms with Crippen LogP contribution in [0.4, 0.5) is 0 Å². The summed E-state index contributed by atoms with van der Waals surface area (Å²) in [7, 11) is 0. The standard InChI is InChI=1S/C14H30.C8H12N2.2C2H6/c1-6-8-9-11-13(4)14(5)12(3)10-7-2;1-3-4-8-5-9-7(2)10-6-8;2*1-2/h12-14H,6-11H2,1-5H3;5-6H,3-4H2,1-2H3;2*1-2H3. The Bertz CT molecular complexity index is 386. The Balaban J connectivity index is -0.000000390. The quantitative estimate of drug-likeness (QED) is 0.370. The predicted octanol–water partition coefficient (Wildman–Crippen LogP) is 9.07. The average molecular weight is 395 g/mol. The minimum atomic E-state index is 0.847. The molecular weight excluding hydrogens is 340 g/mol. The molecule has 1 heterocycles. The zero-order valence-electron chi connectivity index (χ0n) is 21.4. The lowest BCUT2D eigenvalue weighted by molar-refractivity contribution is 0.248. The topological polar surface area (TPSA) is 25.8 Å². The highest BCUT2D eigenvalue weighted by Crippen LogP contribution is 2.27. The van der Waals surface area contributed by atoms with E-state index in [1.807, 2.05) is 47.0 Å². The van der Waals surface area contributed by atoms with E-state index in [0.717, 1.165) is 36.4 Å². The van der Waals surface area contributed by atoms with E-state index < -0.39 is 0 Å². The van der Waals surface area contributed by atoms with Gasteiger partial charge in [-0.05, 0) is 36.7 Å². The van der Waals surface area contributed by atoms with Gasteiger partial charge in [-0.15, -0.1) is 0 Å². The third-order valence-corrected chi connectivity index (χ3v) is 5.18. The molecule has 1 aromatic heterocycles. The van der Waals surface area contributed by atoms with Crippen LogP contribution in [0.3, 0.4) is 0 Å². The Kier molecular flexibility index (Phi) is 27.4. The van der Waals surface area contributed by atoms with Gasteiger partial charge in [-0.1, -0.05) is 114 Å². The molecule has 0 N–H and O–H groups in total. The van der Waals surface area contributed by atoms with Crippen LogP contribution in [-0.2, 0) is 6.42 Å². The number of unbranched alkanes of at least 4 members (excludes halogenated alkanes) is 2. The number of hydrogen-bond acceptors (Lipinski definition) is 2. The lowest BCUT2D eigenvalue weighted by Crippen LogP contribution is -2.16. The van der Waals surface area contributed by atoms with Crippen molar-refractivity contribution in [3.8, 4) is 0 Å². The summed E-state index contributed by atoms with van der Waals surface area (Å²) in [6, 6.07) is 0. The number of aryl methyl sites for hydroxylation is 2. The van der Waals surface area contributed by atoms with Crippen LogP contribution in [0.5, 0.6) is 0 Å². The number of nitrogens with zero attached hydrogens (tertiary/aromatic N) is 2. The van der Waals surface area contributed by atoms with Crippen molar-refractivity contribution in [2.24, 2.45) is 17.8 Å². The molecule has 28 heavy (non-hydrogen) atoms. The van der Waals surface area contributed by atoms with Crippen LogP contribution in [0.1, 0.15) is 126 Å². The van der Waals surface area contributed by atoms with E-state index >= 15 is 0 Å². The maximum Gasteiger partial charge on any atom is 0.125 e. The Labute approximate surface area is 179 Å². The maximum absolute atomic E-state index is 4.09. The smallest absolute Gasteiger partial charge is 0.125 e. The van der Waals surface area contributed by atoms with Crippen molar-refractivity contribution in [1.29, 1.82) is 0 Å². The third kappa shape index (κ3) is 18.4. The van der Waals surface area contributed by atoms with Gasteiger partial charge in [-0.3, -0.25) is 0 Å². The molecule has 0 bridgehead atoms. The van der Waals surface area contributed by atoms with Crippen molar-refractivity contribution < 1.29 is 0 Å². The molecule has 2 nitrogen and oxygen atoms in total. The lowest BCUT2D eigenvalue weighted by atomic mass is 9.80. The largest absolute Gasteiger partial charge is 0.241 e. The minimum absolute atomic E-state index is 0.847. The fourth-order valence-corrected chi connectivity index (χ4v) is 3.10. The van der Waals surface area contributed by atoms with Crippen molar-refractivity contribution in [3.63, 3.8) is 0 Å². The van der Waals surface area contributed by atoms with Crippen LogP contribution in [0.25, 0.3) is 0 Å². The first-order chi connectivity index (χ1) is 13.5. The van der Waals surface area contributed by atoms with Gasteiger partial charge in [0.2, 0.25) is 0 Å². The highest BCUT2D eigenvalue weighted by atomic mass is 14.8. The Morgan fingerprint density at radius 2 is 1.21 bits per heavy atom. The molecule has 0 saturated carbocycles. The van der Waals surface area contributed by atoms with Gasteiger partial charge in [0.1, 0.15) is 5.82 Å². The maximum atomic E-state index is 4.09. The highest BCUT2D eigenvalue weighted by molar-refractivity contribution is 5.04. The van der Waals surface area contributed by atoms with E-state index in [4.69, 9.17) is 0 Å². The normalized spacial score (nSPS) is 12.8. The molecular formula is C26H54N2. The predicted molar refractivity (Wildman–Crippen MR) is 130 cm³/mol. The van der Waals surface area contributed by atoms with Gasteiger partial charge in [0.15, 0.2) is 0 Å². The van der Waals surface area contributed by atoms with Crippen LogP contribution >= 0.6 is 0 Å². The number of aromatic nitrogens is 2. The van der Waals surface area contributed by atoms with Crippen molar-refractivity contribution in [2.45, 2.75) is 128 Å². The molecule has 0 aromatic carbocycles. The molecule has 168 valence electrons. The Morgan fingerprint density at radius 1 is 0.714 bits per heavy atom. The first kappa shape index (κ1) is 31.8. The highest BCUT2D eigenvalue weighted by Gasteiger charge is 2.17. The van der Waals surface area contributed by atoms with Gasteiger partial charge < -0.3 is 0 Å². The molecule has 3 unspecified atom stereocenters. The van der Waals surface area contributed by atoms with Gasteiger partial charge >= 0.3 is 0 Å². The molecule has 3 atom stereocenters. The summed E-state index contributed by atoms with van der Waals surface area (Å²) in [5.74, 6) is 3.59. The second-order valence-electron chi connectivity index (χ2n) is 7.49. The van der Waals surface area contributed by atoms with E-state index in [1.165, 1.54) is 44.1 Å². The van der Waals surface area contributed by atoms with Gasteiger partial charge in [-0.2, -0.15) is 0 Å². The van der Waals surface area contributed by atoms with Crippen LogP contribution in [0.15, 0.2) is 12.4 Å². The molecule has 0 aliphatic carbocycles. The lowest BCUT2D eigenvalue weighted by Gasteiger charge is -2.26. The van der Waals surface area contributed by atoms with Crippen LogP contribution in [0.2, 0.25) is 0 Å².